The maximum absolute atomic E-state index is 13.2. The molecule has 0 amide bonds. The van der Waals surface area contributed by atoms with Crippen LogP contribution < -0.4 is 4.74 Å². The van der Waals surface area contributed by atoms with Gasteiger partial charge in [0.15, 0.2) is 0 Å². The molecule has 0 fully saturated rings. The van der Waals surface area contributed by atoms with Gasteiger partial charge in [-0.05, 0) is 12.1 Å². The smallest absolute Gasteiger partial charge is 0.129 e. The number of halogens is 1. The van der Waals surface area contributed by atoms with Crippen LogP contribution in [0.25, 0.3) is 0 Å². The summed E-state index contributed by atoms with van der Waals surface area (Å²) < 4.78 is 18.6. The van der Waals surface area contributed by atoms with E-state index < -0.39 is 0 Å². The van der Waals surface area contributed by atoms with Crippen LogP contribution in [0.15, 0.2) is 48.5 Å². The minimum atomic E-state index is -0.242. The molecule has 1 radical (unpaired) electrons. The van der Waals surface area contributed by atoms with Gasteiger partial charge in [0.25, 0.3) is 0 Å². The minimum Gasteiger partial charge on any atom is -0.488 e. The van der Waals surface area contributed by atoms with Crippen LogP contribution in [-0.2, 0) is 6.61 Å². The summed E-state index contributed by atoms with van der Waals surface area (Å²) in [5.74, 6) is 0.384. The lowest BCUT2D eigenvalue weighted by atomic mass is 10.2. The third-order valence-corrected chi connectivity index (χ3v) is 2.02. The SMILES string of the molecule is Fc1ccccc1COc1[c]cccc1. The summed E-state index contributed by atoms with van der Waals surface area (Å²) in [4.78, 5) is 0. The number of hydrogen-bond acceptors (Lipinski definition) is 1. The van der Waals surface area contributed by atoms with E-state index in [1.54, 1.807) is 30.3 Å². The van der Waals surface area contributed by atoms with Crippen LogP contribution >= 0.6 is 0 Å². The first-order valence-corrected chi connectivity index (χ1v) is 4.69. The van der Waals surface area contributed by atoms with Crippen LogP contribution in [-0.4, -0.2) is 0 Å². The van der Waals surface area contributed by atoms with Crippen molar-refractivity contribution < 1.29 is 9.13 Å². The Labute approximate surface area is 88.1 Å². The summed E-state index contributed by atoms with van der Waals surface area (Å²) in [5, 5.41) is 0. The van der Waals surface area contributed by atoms with Gasteiger partial charge in [0.2, 0.25) is 0 Å². The summed E-state index contributed by atoms with van der Waals surface area (Å²) in [5.41, 5.74) is 0.551. The highest BCUT2D eigenvalue weighted by Gasteiger charge is 2.00. The van der Waals surface area contributed by atoms with Crippen LogP contribution in [0.3, 0.4) is 0 Å². The quantitative estimate of drug-likeness (QED) is 0.741. The van der Waals surface area contributed by atoms with Gasteiger partial charge in [-0.25, -0.2) is 4.39 Å². The second kappa shape index (κ2) is 4.60. The van der Waals surface area contributed by atoms with Crippen molar-refractivity contribution in [2.24, 2.45) is 0 Å². The monoisotopic (exact) mass is 201 g/mol. The van der Waals surface area contributed by atoms with Crippen molar-refractivity contribution in [1.82, 2.24) is 0 Å². The zero-order valence-electron chi connectivity index (χ0n) is 8.11. The second-order valence-electron chi connectivity index (χ2n) is 3.11. The fraction of sp³-hybridized carbons (Fsp3) is 0.0769. The Morgan fingerprint density at radius 3 is 2.60 bits per heavy atom. The molecule has 0 saturated heterocycles. The van der Waals surface area contributed by atoms with E-state index in [1.165, 1.54) is 6.07 Å². The summed E-state index contributed by atoms with van der Waals surface area (Å²) >= 11 is 0. The summed E-state index contributed by atoms with van der Waals surface area (Å²) in [6.07, 6.45) is 0. The fourth-order valence-corrected chi connectivity index (χ4v) is 1.24. The molecule has 0 spiro atoms. The molecular weight excluding hydrogens is 191 g/mol. The van der Waals surface area contributed by atoms with Gasteiger partial charge in [-0.15, -0.1) is 0 Å². The Balaban J connectivity index is 2.03. The van der Waals surface area contributed by atoms with Crippen molar-refractivity contribution in [1.29, 1.82) is 0 Å². The molecule has 75 valence electrons. The molecular formula is C13H10FO. The summed E-state index contributed by atoms with van der Waals surface area (Å²) in [6.45, 7) is 0.229. The van der Waals surface area contributed by atoms with E-state index in [4.69, 9.17) is 4.74 Å². The predicted molar refractivity (Wildman–Crippen MR) is 56.0 cm³/mol. The molecule has 2 aromatic rings. The highest BCUT2D eigenvalue weighted by Crippen LogP contribution is 2.12. The zero-order valence-corrected chi connectivity index (χ0v) is 8.11. The third kappa shape index (κ3) is 2.56. The van der Waals surface area contributed by atoms with Crippen LogP contribution in [0.1, 0.15) is 5.56 Å². The Morgan fingerprint density at radius 2 is 1.87 bits per heavy atom. The van der Waals surface area contributed by atoms with Gasteiger partial charge < -0.3 is 4.74 Å². The Bertz CT molecular complexity index is 426. The number of rotatable bonds is 3. The lowest BCUT2D eigenvalue weighted by molar-refractivity contribution is 0.299. The molecule has 0 bridgehead atoms. The van der Waals surface area contributed by atoms with Crippen molar-refractivity contribution >= 4 is 0 Å². The topological polar surface area (TPSA) is 9.23 Å². The molecule has 2 heteroatoms. The molecule has 0 aromatic heterocycles. The predicted octanol–water partition coefficient (Wildman–Crippen LogP) is 3.20. The van der Waals surface area contributed by atoms with Crippen LogP contribution in [0.4, 0.5) is 4.39 Å². The molecule has 1 nitrogen and oxygen atoms in total. The molecule has 0 unspecified atom stereocenters. The third-order valence-electron chi connectivity index (χ3n) is 2.02. The summed E-state index contributed by atoms with van der Waals surface area (Å²) in [6, 6.07) is 16.8. The molecule has 0 saturated carbocycles. The second-order valence-corrected chi connectivity index (χ2v) is 3.11. The van der Waals surface area contributed by atoms with Gasteiger partial charge in [0.05, 0.1) is 0 Å². The van der Waals surface area contributed by atoms with E-state index >= 15 is 0 Å². The first kappa shape index (κ1) is 9.71. The molecule has 2 aromatic carbocycles. The molecule has 2 rings (SSSR count). The Hall–Kier alpha value is -1.83. The first-order chi connectivity index (χ1) is 7.36. The average molecular weight is 201 g/mol. The molecule has 0 aliphatic rings. The van der Waals surface area contributed by atoms with Gasteiger partial charge in [-0.1, -0.05) is 36.4 Å². The van der Waals surface area contributed by atoms with Gasteiger partial charge in [-0.3, -0.25) is 0 Å². The normalized spacial score (nSPS) is 9.93. The van der Waals surface area contributed by atoms with Gasteiger partial charge in [-0.2, -0.15) is 0 Å². The van der Waals surface area contributed by atoms with Crippen molar-refractivity contribution in [3.63, 3.8) is 0 Å². The van der Waals surface area contributed by atoms with Crippen LogP contribution in [0.5, 0.6) is 5.75 Å². The number of para-hydroxylation sites is 1. The standard InChI is InChI=1S/C13H10FO/c14-13-9-5-4-6-11(13)10-15-12-7-2-1-3-8-12/h1-7,9H,10H2. The molecule has 0 aliphatic carbocycles. The molecule has 0 N–H and O–H groups in total. The van der Waals surface area contributed by atoms with Crippen molar-refractivity contribution in [2.45, 2.75) is 6.61 Å². The number of ether oxygens (including phenoxy) is 1. The Kier molecular flexibility index (Phi) is 2.98. The van der Waals surface area contributed by atoms with E-state index in [0.717, 1.165) is 0 Å². The van der Waals surface area contributed by atoms with E-state index in [0.29, 0.717) is 11.3 Å². The van der Waals surface area contributed by atoms with Crippen molar-refractivity contribution in [3.8, 4) is 5.75 Å². The highest BCUT2D eigenvalue weighted by molar-refractivity contribution is 5.21. The van der Waals surface area contributed by atoms with Crippen LogP contribution in [0.2, 0.25) is 0 Å². The van der Waals surface area contributed by atoms with Crippen molar-refractivity contribution in [3.05, 3.63) is 66.0 Å². The molecule has 15 heavy (non-hydrogen) atoms. The zero-order chi connectivity index (χ0) is 10.5. The lowest BCUT2D eigenvalue weighted by Gasteiger charge is -2.05. The van der Waals surface area contributed by atoms with E-state index in [1.807, 2.05) is 12.1 Å². The van der Waals surface area contributed by atoms with Crippen molar-refractivity contribution in [2.75, 3.05) is 0 Å². The van der Waals surface area contributed by atoms with Gasteiger partial charge in [0.1, 0.15) is 18.2 Å². The maximum Gasteiger partial charge on any atom is 0.129 e. The Morgan fingerprint density at radius 1 is 1.07 bits per heavy atom. The first-order valence-electron chi connectivity index (χ1n) is 4.69. The lowest BCUT2D eigenvalue weighted by Crippen LogP contribution is -1.97. The average Bonchev–Trinajstić information content (AvgIpc) is 2.29. The van der Waals surface area contributed by atoms with Gasteiger partial charge >= 0.3 is 0 Å². The molecule has 0 heterocycles. The minimum absolute atomic E-state index is 0.229. The highest BCUT2D eigenvalue weighted by atomic mass is 19.1. The molecule has 0 aliphatic heterocycles. The van der Waals surface area contributed by atoms with E-state index in [-0.39, 0.29) is 12.4 Å². The fourth-order valence-electron chi connectivity index (χ4n) is 1.24. The van der Waals surface area contributed by atoms with E-state index in [2.05, 4.69) is 6.07 Å². The number of benzene rings is 2. The largest absolute Gasteiger partial charge is 0.488 e. The molecule has 0 atom stereocenters. The van der Waals surface area contributed by atoms with E-state index in [9.17, 15) is 4.39 Å². The number of hydrogen-bond donors (Lipinski definition) is 0. The van der Waals surface area contributed by atoms with Crippen LogP contribution in [0, 0.1) is 11.9 Å². The maximum atomic E-state index is 13.2. The summed E-state index contributed by atoms with van der Waals surface area (Å²) in [7, 11) is 0. The van der Waals surface area contributed by atoms with Gasteiger partial charge in [0, 0.05) is 11.6 Å².